The van der Waals surface area contributed by atoms with Crippen LogP contribution in [0.1, 0.15) is 55.7 Å². The van der Waals surface area contributed by atoms with E-state index in [1.54, 1.807) is 6.20 Å². The van der Waals surface area contributed by atoms with Crippen LogP contribution in [0, 0.1) is 5.92 Å². The lowest BCUT2D eigenvalue weighted by Crippen LogP contribution is -2.34. The van der Waals surface area contributed by atoms with Gasteiger partial charge in [0.2, 0.25) is 0 Å². The van der Waals surface area contributed by atoms with Gasteiger partial charge in [-0.05, 0) is 43.4 Å². The number of ether oxygens (including phenoxy) is 1. The van der Waals surface area contributed by atoms with Gasteiger partial charge in [-0.1, -0.05) is 31.2 Å². The topological polar surface area (TPSA) is 72.3 Å². The van der Waals surface area contributed by atoms with Crippen molar-refractivity contribution in [2.45, 2.75) is 46.2 Å². The first kappa shape index (κ1) is 20.3. The van der Waals surface area contributed by atoms with E-state index in [9.17, 15) is 4.79 Å². The third-order valence-electron chi connectivity index (χ3n) is 4.99. The Kier molecular flexibility index (Phi) is 7.03. The zero-order chi connectivity index (χ0) is 19.9. The molecule has 152 valence electrons. The zero-order valence-corrected chi connectivity index (χ0v) is 17.1. The molecule has 1 saturated heterocycles. The molecule has 0 bridgehead atoms. The van der Waals surface area contributed by atoms with Crippen LogP contribution in [-0.4, -0.2) is 52.0 Å². The van der Waals surface area contributed by atoms with E-state index in [0.717, 1.165) is 38.2 Å². The molecule has 3 rings (SSSR count). The average molecular weight is 386 g/mol. The molecule has 7 heteroatoms. The fraction of sp³-hybridized carbons (Fsp3) is 0.571. The molecule has 0 saturated carbocycles. The van der Waals surface area contributed by atoms with E-state index >= 15 is 0 Å². The maximum Gasteiger partial charge on any atom is 0.273 e. The summed E-state index contributed by atoms with van der Waals surface area (Å²) in [6, 6.07) is 8.64. The van der Waals surface area contributed by atoms with Gasteiger partial charge in [-0.3, -0.25) is 9.69 Å². The Labute approximate surface area is 167 Å². The van der Waals surface area contributed by atoms with Gasteiger partial charge < -0.3 is 10.1 Å². The van der Waals surface area contributed by atoms with Gasteiger partial charge >= 0.3 is 0 Å². The highest BCUT2D eigenvalue weighted by molar-refractivity contribution is 5.91. The fourth-order valence-corrected chi connectivity index (χ4v) is 3.40. The predicted octanol–water partition coefficient (Wildman–Crippen LogP) is 2.90. The van der Waals surface area contributed by atoms with Crippen molar-refractivity contribution in [3.05, 3.63) is 41.7 Å². The molecule has 2 aromatic rings. The maximum atomic E-state index is 12.1. The summed E-state index contributed by atoms with van der Waals surface area (Å²) in [5.74, 6) is 1.19. The van der Waals surface area contributed by atoms with Crippen molar-refractivity contribution in [1.82, 2.24) is 25.2 Å². The summed E-state index contributed by atoms with van der Waals surface area (Å²) in [5.41, 5.74) is 1.70. The number of benzene rings is 1. The number of likely N-dealkylation sites (tertiary alicyclic amines) is 1. The highest BCUT2D eigenvalue weighted by Gasteiger charge is 2.22. The molecule has 0 spiro atoms. The summed E-state index contributed by atoms with van der Waals surface area (Å²) in [7, 11) is 0. The summed E-state index contributed by atoms with van der Waals surface area (Å²) in [5, 5.41) is 11.1. The lowest BCUT2D eigenvalue weighted by molar-refractivity contribution is 0.0944. The minimum absolute atomic E-state index is 0.145. The summed E-state index contributed by atoms with van der Waals surface area (Å²) < 4.78 is 7.36. The molecule has 1 fully saturated rings. The van der Waals surface area contributed by atoms with Gasteiger partial charge in [0.15, 0.2) is 5.69 Å². The predicted molar refractivity (Wildman–Crippen MR) is 108 cm³/mol. The summed E-state index contributed by atoms with van der Waals surface area (Å²) in [4.78, 5) is 14.6. The van der Waals surface area contributed by atoms with Crippen LogP contribution in [0.4, 0.5) is 0 Å². The first-order chi connectivity index (χ1) is 13.5. The van der Waals surface area contributed by atoms with E-state index in [-0.39, 0.29) is 5.91 Å². The van der Waals surface area contributed by atoms with Crippen molar-refractivity contribution in [3.8, 4) is 5.75 Å². The quantitative estimate of drug-likeness (QED) is 0.756. The molecular formula is C21H31N5O2. The second kappa shape index (κ2) is 9.68. The third-order valence-corrected chi connectivity index (χ3v) is 4.99. The smallest absolute Gasteiger partial charge is 0.273 e. The number of nitrogens with one attached hydrogen (secondary N) is 1. The second-order valence-corrected chi connectivity index (χ2v) is 7.77. The molecule has 0 aliphatic carbocycles. The monoisotopic (exact) mass is 385 g/mol. The molecule has 2 heterocycles. The molecule has 0 radical (unpaired) electrons. The Morgan fingerprint density at radius 3 is 2.61 bits per heavy atom. The van der Waals surface area contributed by atoms with Crippen LogP contribution >= 0.6 is 0 Å². The molecule has 1 aromatic carbocycles. The van der Waals surface area contributed by atoms with E-state index in [1.165, 1.54) is 5.56 Å². The highest BCUT2D eigenvalue weighted by atomic mass is 16.5. The van der Waals surface area contributed by atoms with Crippen LogP contribution in [0.3, 0.4) is 0 Å². The lowest BCUT2D eigenvalue weighted by atomic mass is 10.0. The van der Waals surface area contributed by atoms with Crippen LogP contribution in [0.25, 0.3) is 0 Å². The number of nitrogens with zero attached hydrogens (tertiary/aromatic N) is 4. The molecular weight excluding hydrogens is 354 g/mol. The molecule has 1 amide bonds. The zero-order valence-electron chi connectivity index (χ0n) is 17.1. The Bertz CT molecular complexity index is 748. The SMILES string of the molecule is CCOc1ccc(CN2CCC(n3cc(C(=O)NCC(C)C)nn3)CC2)cc1. The molecule has 28 heavy (non-hydrogen) atoms. The number of amides is 1. The van der Waals surface area contributed by atoms with Crippen molar-refractivity contribution in [3.63, 3.8) is 0 Å². The Morgan fingerprint density at radius 2 is 1.96 bits per heavy atom. The first-order valence-electron chi connectivity index (χ1n) is 10.2. The van der Waals surface area contributed by atoms with Gasteiger partial charge in [-0.2, -0.15) is 0 Å². The van der Waals surface area contributed by atoms with Gasteiger partial charge in [-0.15, -0.1) is 5.10 Å². The number of piperidine rings is 1. The van der Waals surface area contributed by atoms with E-state index < -0.39 is 0 Å². The van der Waals surface area contributed by atoms with Crippen molar-refractivity contribution < 1.29 is 9.53 Å². The number of hydrogen-bond acceptors (Lipinski definition) is 5. The number of aromatic nitrogens is 3. The Morgan fingerprint density at radius 1 is 1.25 bits per heavy atom. The Hall–Kier alpha value is -2.41. The van der Waals surface area contributed by atoms with Crippen LogP contribution in [-0.2, 0) is 6.54 Å². The van der Waals surface area contributed by atoms with Gasteiger partial charge in [0, 0.05) is 26.2 Å². The fourth-order valence-electron chi connectivity index (χ4n) is 3.40. The van der Waals surface area contributed by atoms with E-state index in [2.05, 4.69) is 46.5 Å². The first-order valence-corrected chi connectivity index (χ1v) is 10.2. The van der Waals surface area contributed by atoms with E-state index in [4.69, 9.17) is 4.74 Å². The van der Waals surface area contributed by atoms with Gasteiger partial charge in [0.1, 0.15) is 5.75 Å². The number of carbonyl (C=O) groups is 1. The lowest BCUT2D eigenvalue weighted by Gasteiger charge is -2.31. The van der Waals surface area contributed by atoms with E-state index in [1.807, 2.05) is 23.7 Å². The van der Waals surface area contributed by atoms with Crippen molar-refractivity contribution in [2.24, 2.45) is 5.92 Å². The highest BCUT2D eigenvalue weighted by Crippen LogP contribution is 2.23. The summed E-state index contributed by atoms with van der Waals surface area (Å²) >= 11 is 0. The maximum absolute atomic E-state index is 12.1. The second-order valence-electron chi connectivity index (χ2n) is 7.77. The van der Waals surface area contributed by atoms with Gasteiger partial charge in [0.05, 0.1) is 18.8 Å². The summed E-state index contributed by atoms with van der Waals surface area (Å²) in [6.45, 7) is 10.4. The molecule has 0 unspecified atom stereocenters. The molecule has 7 nitrogen and oxygen atoms in total. The third kappa shape index (κ3) is 5.55. The van der Waals surface area contributed by atoms with Gasteiger partial charge in [-0.25, -0.2) is 4.68 Å². The van der Waals surface area contributed by atoms with Gasteiger partial charge in [0.25, 0.3) is 5.91 Å². The Balaban J connectivity index is 1.48. The minimum Gasteiger partial charge on any atom is -0.494 e. The molecule has 1 N–H and O–H groups in total. The standard InChI is InChI=1S/C21H31N5O2/c1-4-28-19-7-5-17(6-8-19)14-25-11-9-18(10-12-25)26-15-20(23-24-26)21(27)22-13-16(2)3/h5-8,15-16,18H,4,9-14H2,1-3H3,(H,22,27). The van der Waals surface area contributed by atoms with Crippen LogP contribution < -0.4 is 10.1 Å². The summed E-state index contributed by atoms with van der Waals surface area (Å²) in [6.07, 6.45) is 3.79. The minimum atomic E-state index is -0.145. The molecule has 1 aromatic heterocycles. The number of rotatable bonds is 8. The van der Waals surface area contributed by atoms with Crippen LogP contribution in [0.5, 0.6) is 5.75 Å². The van der Waals surface area contributed by atoms with Crippen molar-refractivity contribution in [2.75, 3.05) is 26.2 Å². The van der Waals surface area contributed by atoms with E-state index in [0.29, 0.717) is 30.8 Å². The molecule has 1 aliphatic rings. The van der Waals surface area contributed by atoms with Crippen LogP contribution in [0.2, 0.25) is 0 Å². The van der Waals surface area contributed by atoms with Crippen molar-refractivity contribution in [1.29, 1.82) is 0 Å². The number of hydrogen-bond donors (Lipinski definition) is 1. The number of carbonyl (C=O) groups excluding carboxylic acids is 1. The largest absolute Gasteiger partial charge is 0.494 e. The normalized spacial score (nSPS) is 15.7. The average Bonchev–Trinajstić information content (AvgIpc) is 3.19. The molecule has 0 atom stereocenters. The van der Waals surface area contributed by atoms with Crippen molar-refractivity contribution >= 4 is 5.91 Å². The van der Waals surface area contributed by atoms with Crippen LogP contribution in [0.15, 0.2) is 30.5 Å². The molecule has 1 aliphatic heterocycles.